The third-order valence-corrected chi connectivity index (χ3v) is 8.07. The molecule has 0 aliphatic carbocycles. The van der Waals surface area contributed by atoms with Gasteiger partial charge in [0, 0.05) is 6.54 Å². The highest BCUT2D eigenvalue weighted by Gasteiger charge is 2.36. The smallest absolute Gasteiger partial charge is 0.427 e. The molecule has 2 heterocycles. The number of nitrogens with two attached hydrogens (primary N) is 1. The van der Waals surface area contributed by atoms with E-state index in [9.17, 15) is 23.4 Å². The van der Waals surface area contributed by atoms with Crippen LogP contribution in [0.5, 0.6) is 5.75 Å². The average Bonchev–Trinajstić information content (AvgIpc) is 3.33. The van der Waals surface area contributed by atoms with Crippen molar-refractivity contribution in [2.24, 2.45) is 5.73 Å². The van der Waals surface area contributed by atoms with Crippen molar-refractivity contribution in [3.63, 3.8) is 0 Å². The van der Waals surface area contributed by atoms with Crippen molar-refractivity contribution < 1.29 is 23.4 Å². The molecule has 0 bridgehead atoms. The number of nitrogens with zero attached hydrogens (tertiary/aromatic N) is 3. The van der Waals surface area contributed by atoms with Crippen molar-refractivity contribution in [1.29, 1.82) is 0 Å². The minimum Gasteiger partial charge on any atom is -0.507 e. The number of phenolic OH excluding ortho intramolecular Hbond substituents is 1. The summed E-state index contributed by atoms with van der Waals surface area (Å²) in [6.45, 7) is 0.542. The third-order valence-electron chi connectivity index (χ3n) is 4.71. The summed E-state index contributed by atoms with van der Waals surface area (Å²) in [5.74, 6) is -0.727. The highest BCUT2D eigenvalue weighted by Crippen LogP contribution is 2.38. The summed E-state index contributed by atoms with van der Waals surface area (Å²) < 4.78 is 27.8. The third kappa shape index (κ3) is 3.91. The molecule has 0 spiro atoms. The van der Waals surface area contributed by atoms with Crippen molar-refractivity contribution in [3.8, 4) is 5.75 Å². The largest absolute Gasteiger partial charge is 0.507 e. The number of hydrogen-bond donors (Lipinski definition) is 3. The molecule has 0 aliphatic rings. The summed E-state index contributed by atoms with van der Waals surface area (Å²) in [4.78, 5) is 12.1. The minimum absolute atomic E-state index is 0.00360. The van der Waals surface area contributed by atoms with E-state index in [0.717, 1.165) is 22.5 Å². The zero-order valence-electron chi connectivity index (χ0n) is 16.3. The van der Waals surface area contributed by atoms with Gasteiger partial charge in [-0.25, -0.2) is 4.79 Å². The van der Waals surface area contributed by atoms with Gasteiger partial charge in [0.1, 0.15) is 9.96 Å². The maximum atomic E-state index is 13.1. The predicted molar refractivity (Wildman–Crippen MR) is 122 cm³/mol. The van der Waals surface area contributed by atoms with Crippen LogP contribution in [-0.2, 0) is 23.1 Å². The first-order valence-electron chi connectivity index (χ1n) is 9.22. The number of amides is 1. The number of sulfonamides is 1. The Bertz CT molecular complexity index is 1430. The van der Waals surface area contributed by atoms with Gasteiger partial charge in [-0.05, 0) is 35.4 Å². The van der Waals surface area contributed by atoms with Crippen LogP contribution in [0.25, 0.3) is 10.9 Å². The van der Waals surface area contributed by atoms with Gasteiger partial charge in [-0.2, -0.15) is 13.5 Å². The summed E-state index contributed by atoms with van der Waals surface area (Å²) in [6, 6.07) is 14.5. The Morgan fingerprint density at radius 3 is 2.53 bits per heavy atom. The van der Waals surface area contributed by atoms with Crippen LogP contribution in [-0.4, -0.2) is 34.5 Å². The molecule has 4 N–H and O–H groups in total. The van der Waals surface area contributed by atoms with Gasteiger partial charge in [0.25, 0.3) is 10.0 Å². The number of fused-ring (bicyclic) bond motifs is 1. The molecular formula is C20H17ClN4O5S2. The molecule has 9 nitrogen and oxygen atoms in total. The number of carbonyl (C=O) groups is 1. The number of benzene rings is 2. The molecule has 12 heteroatoms. The highest BCUT2D eigenvalue weighted by atomic mass is 35.5. The number of aromatic hydroxyl groups is 1. The highest BCUT2D eigenvalue weighted by molar-refractivity contribution is 7.95. The Morgan fingerprint density at radius 1 is 1.16 bits per heavy atom. The molecule has 4 aromatic rings. The van der Waals surface area contributed by atoms with E-state index in [-0.39, 0.29) is 30.5 Å². The number of hydrogen-bond acceptors (Lipinski definition) is 7. The fraction of sp³-hybridized carbons (Fsp3) is 0.100. The van der Waals surface area contributed by atoms with Crippen molar-refractivity contribution in [1.82, 2.24) is 9.78 Å². The van der Waals surface area contributed by atoms with E-state index in [1.807, 2.05) is 24.3 Å². The Labute approximate surface area is 191 Å². The summed E-state index contributed by atoms with van der Waals surface area (Å²) in [5.41, 5.74) is 7.78. The summed E-state index contributed by atoms with van der Waals surface area (Å²) >= 11 is 6.58. The lowest BCUT2D eigenvalue weighted by molar-refractivity contribution is 0.206. The number of rotatable bonds is 6. The van der Waals surface area contributed by atoms with E-state index in [1.165, 1.54) is 22.9 Å². The second-order valence-corrected chi connectivity index (χ2v) is 10.5. The molecule has 0 saturated carbocycles. The molecule has 0 unspecified atom stereocenters. The molecular weight excluding hydrogens is 476 g/mol. The lowest BCUT2D eigenvalue weighted by Gasteiger charge is -2.16. The minimum atomic E-state index is -4.55. The van der Waals surface area contributed by atoms with Crippen LogP contribution in [0.2, 0.25) is 4.34 Å². The van der Waals surface area contributed by atoms with E-state index in [2.05, 4.69) is 5.10 Å². The summed E-state index contributed by atoms with van der Waals surface area (Å²) in [6.07, 6.45) is -1.77. The second-order valence-electron chi connectivity index (χ2n) is 6.79. The monoisotopic (exact) mass is 492 g/mol. The molecule has 4 rings (SSSR count). The summed E-state index contributed by atoms with van der Waals surface area (Å²) in [5, 5.41) is 24.6. The summed E-state index contributed by atoms with van der Waals surface area (Å²) in [7, 11) is -4.55. The van der Waals surface area contributed by atoms with Gasteiger partial charge in [0.15, 0.2) is 5.82 Å². The predicted octanol–water partition coefficient (Wildman–Crippen LogP) is 3.84. The topological polar surface area (TPSA) is 139 Å². The normalized spacial score (nSPS) is 11.7. The number of anilines is 1. The maximum absolute atomic E-state index is 13.1. The van der Waals surface area contributed by atoms with Gasteiger partial charge in [0.05, 0.1) is 21.8 Å². The molecule has 0 atom stereocenters. The zero-order chi connectivity index (χ0) is 23.0. The van der Waals surface area contributed by atoms with Crippen molar-refractivity contribution in [2.75, 3.05) is 4.31 Å². The molecule has 0 radical (unpaired) electrons. The first-order valence-corrected chi connectivity index (χ1v) is 11.9. The zero-order valence-corrected chi connectivity index (χ0v) is 18.7. The molecule has 0 fully saturated rings. The van der Waals surface area contributed by atoms with E-state index < -0.39 is 21.9 Å². The van der Waals surface area contributed by atoms with E-state index >= 15 is 0 Å². The fourth-order valence-corrected chi connectivity index (χ4v) is 6.12. The van der Waals surface area contributed by atoms with Gasteiger partial charge >= 0.3 is 6.09 Å². The van der Waals surface area contributed by atoms with Crippen LogP contribution >= 0.6 is 22.9 Å². The number of aromatic nitrogens is 2. The fourth-order valence-electron chi connectivity index (χ4n) is 3.31. The van der Waals surface area contributed by atoms with Crippen LogP contribution in [0, 0.1) is 0 Å². The Morgan fingerprint density at radius 2 is 1.88 bits per heavy atom. The number of carboxylic acid groups (broad SMARTS) is 1. The lowest BCUT2D eigenvalue weighted by atomic mass is 10.1. The standard InChI is InChI=1S/C20H17ClN4O5S2/c21-16-7-8-17(31-16)32(29,30)25(20(27)28)19-18-14(5-2-6-15(18)26)24(23-19)11-13-4-1-3-12(9-13)10-22/h1-9,26H,10-11,22H2,(H,27,28). The SMILES string of the molecule is NCc1cccc(Cn2nc(N(C(=O)O)S(=O)(=O)c3ccc(Cl)s3)c3c(O)cccc32)c1. The van der Waals surface area contributed by atoms with Crippen LogP contribution < -0.4 is 10.0 Å². The number of halogens is 1. The van der Waals surface area contributed by atoms with Crippen molar-refractivity contribution in [3.05, 3.63) is 70.1 Å². The van der Waals surface area contributed by atoms with Gasteiger partial charge < -0.3 is 15.9 Å². The Kier molecular flexibility index (Phi) is 5.82. The molecule has 1 amide bonds. The quantitative estimate of drug-likeness (QED) is 0.371. The average molecular weight is 493 g/mol. The Balaban J connectivity index is 1.90. The first kappa shape index (κ1) is 22.1. The van der Waals surface area contributed by atoms with Gasteiger partial charge in [-0.3, -0.25) is 4.68 Å². The molecule has 32 heavy (non-hydrogen) atoms. The van der Waals surface area contributed by atoms with Crippen LogP contribution in [0.1, 0.15) is 11.1 Å². The molecule has 2 aromatic heterocycles. The van der Waals surface area contributed by atoms with Crippen molar-refractivity contribution in [2.45, 2.75) is 17.3 Å². The van der Waals surface area contributed by atoms with Crippen molar-refractivity contribution >= 4 is 55.8 Å². The van der Waals surface area contributed by atoms with Crippen LogP contribution in [0.15, 0.2) is 58.8 Å². The van der Waals surface area contributed by atoms with Crippen LogP contribution in [0.4, 0.5) is 10.6 Å². The molecule has 2 aromatic carbocycles. The lowest BCUT2D eigenvalue weighted by Crippen LogP contribution is -2.36. The first-order chi connectivity index (χ1) is 15.2. The molecule has 0 aliphatic heterocycles. The van der Waals surface area contributed by atoms with Gasteiger partial charge in [-0.1, -0.05) is 41.9 Å². The van der Waals surface area contributed by atoms with Gasteiger partial charge in [-0.15, -0.1) is 15.6 Å². The van der Waals surface area contributed by atoms with Gasteiger partial charge in [0.2, 0.25) is 0 Å². The number of thiophene rings is 1. The number of phenols is 1. The molecule has 166 valence electrons. The molecule has 0 saturated heterocycles. The Hall–Kier alpha value is -3.12. The van der Waals surface area contributed by atoms with Crippen LogP contribution in [0.3, 0.4) is 0 Å². The second kappa shape index (κ2) is 8.43. The van der Waals surface area contributed by atoms with E-state index in [0.29, 0.717) is 12.1 Å². The maximum Gasteiger partial charge on any atom is 0.427 e. The van der Waals surface area contributed by atoms with E-state index in [1.54, 1.807) is 12.1 Å². The van der Waals surface area contributed by atoms with E-state index in [4.69, 9.17) is 17.3 Å².